The Kier molecular flexibility index (Phi) is 7.80. The van der Waals surface area contributed by atoms with E-state index < -0.39 is 48.9 Å². The van der Waals surface area contributed by atoms with Gasteiger partial charge in [0.15, 0.2) is 0 Å². The number of amides is 1. The molecule has 11 heteroatoms. The summed E-state index contributed by atoms with van der Waals surface area (Å²) < 4.78 is 0. The Balaban J connectivity index is 2.65. The summed E-state index contributed by atoms with van der Waals surface area (Å²) in [6, 6.07) is -1.21. The third-order valence-corrected chi connectivity index (χ3v) is 4.76. The molecule has 0 aromatic rings. The molecule has 0 heterocycles. The molecule has 0 spiro atoms. The second-order valence-electron chi connectivity index (χ2n) is 6.70. The first-order valence-electron chi connectivity index (χ1n) is 8.19. The highest BCUT2D eigenvalue weighted by molar-refractivity contribution is 6.40. The monoisotopic (exact) mass is 359 g/mol. The van der Waals surface area contributed by atoms with Crippen molar-refractivity contribution in [2.45, 2.75) is 50.0 Å². The van der Waals surface area contributed by atoms with Gasteiger partial charge in [0.25, 0.3) is 0 Å². The average Bonchev–Trinajstić information content (AvgIpc) is 2.50. The molecule has 0 unspecified atom stereocenters. The minimum atomic E-state index is -1.55. The summed E-state index contributed by atoms with van der Waals surface area (Å²) >= 11 is 0. The Labute approximate surface area is 145 Å². The summed E-state index contributed by atoms with van der Waals surface area (Å²) in [5.74, 6) is -3.63. The molecule has 1 amide bonds. The van der Waals surface area contributed by atoms with Crippen molar-refractivity contribution in [3.63, 3.8) is 0 Å². The predicted octanol–water partition coefficient (Wildman–Crippen LogP) is -2.03. The van der Waals surface area contributed by atoms with Crippen molar-refractivity contribution in [1.82, 2.24) is 5.32 Å². The fraction of sp³-hybridized carbons (Fsp3) is 0.786. The van der Waals surface area contributed by atoms with Crippen molar-refractivity contribution in [1.29, 1.82) is 0 Å². The molecule has 0 aromatic carbocycles. The number of carboxylic acids is 2. The van der Waals surface area contributed by atoms with Crippen LogP contribution in [-0.4, -0.2) is 63.4 Å². The van der Waals surface area contributed by atoms with Gasteiger partial charge in [-0.15, -0.1) is 0 Å². The first-order valence-corrected chi connectivity index (χ1v) is 8.19. The van der Waals surface area contributed by atoms with E-state index in [-0.39, 0.29) is 25.2 Å². The van der Waals surface area contributed by atoms with Crippen LogP contribution in [0.2, 0.25) is 6.32 Å². The minimum absolute atomic E-state index is 0.00963. The van der Waals surface area contributed by atoms with E-state index in [0.29, 0.717) is 19.3 Å². The van der Waals surface area contributed by atoms with E-state index in [4.69, 9.17) is 26.6 Å². The fourth-order valence-electron chi connectivity index (χ4n) is 3.25. The molecule has 0 bridgehead atoms. The molecule has 0 radical (unpaired) electrons. The Morgan fingerprint density at radius 3 is 2.40 bits per heavy atom. The summed E-state index contributed by atoms with van der Waals surface area (Å²) in [4.78, 5) is 34.0. The Morgan fingerprint density at radius 1 is 1.24 bits per heavy atom. The van der Waals surface area contributed by atoms with Gasteiger partial charge in [-0.05, 0) is 31.5 Å². The third-order valence-electron chi connectivity index (χ3n) is 4.76. The molecule has 1 fully saturated rings. The number of carbonyl (C=O) groups is 3. The molecule has 4 atom stereocenters. The van der Waals surface area contributed by atoms with Crippen LogP contribution in [0.15, 0.2) is 0 Å². The number of rotatable bonds is 9. The summed E-state index contributed by atoms with van der Waals surface area (Å²) in [6.07, 6.45) is 1.34. The zero-order valence-electron chi connectivity index (χ0n) is 13.9. The minimum Gasteiger partial charge on any atom is -0.481 e. The lowest BCUT2D eigenvalue weighted by atomic mass is 9.66. The quantitative estimate of drug-likeness (QED) is 0.227. The van der Waals surface area contributed by atoms with E-state index in [0.717, 1.165) is 0 Å². The normalized spacial score (nSPS) is 27.4. The number of carbonyl (C=O) groups excluding carboxylic acids is 1. The Bertz CT molecular complexity index is 505. The number of nitrogens with one attached hydrogen (secondary N) is 1. The van der Waals surface area contributed by atoms with Crippen molar-refractivity contribution in [2.24, 2.45) is 23.3 Å². The van der Waals surface area contributed by atoms with Gasteiger partial charge in [-0.2, -0.15) is 0 Å². The van der Waals surface area contributed by atoms with Crippen LogP contribution in [-0.2, 0) is 14.4 Å². The van der Waals surface area contributed by atoms with E-state index in [1.54, 1.807) is 0 Å². The van der Waals surface area contributed by atoms with E-state index in [1.807, 2.05) is 0 Å². The summed E-state index contributed by atoms with van der Waals surface area (Å²) in [6.45, 7) is -0.00963. The molecular weight excluding hydrogens is 333 g/mol. The summed E-state index contributed by atoms with van der Waals surface area (Å²) in [5, 5.41) is 38.5. The molecule has 9 N–H and O–H groups in total. The highest BCUT2D eigenvalue weighted by atomic mass is 16.4. The third kappa shape index (κ3) is 6.27. The van der Waals surface area contributed by atoms with Gasteiger partial charge in [0, 0.05) is 12.5 Å². The van der Waals surface area contributed by atoms with Crippen molar-refractivity contribution in [2.75, 3.05) is 6.54 Å². The Hall–Kier alpha value is -1.69. The lowest BCUT2D eigenvalue weighted by Crippen LogP contribution is -2.60. The SMILES string of the molecule is N[C@@H](CC(=O)O)C(=O)NC[C@@H]1CC[C@@H](CCB(O)O)C[C@]1(N)C(=O)O. The highest BCUT2D eigenvalue weighted by Crippen LogP contribution is 2.38. The van der Waals surface area contributed by atoms with Gasteiger partial charge in [-0.25, -0.2) is 0 Å². The van der Waals surface area contributed by atoms with Crippen molar-refractivity contribution in [3.8, 4) is 0 Å². The maximum absolute atomic E-state index is 11.8. The van der Waals surface area contributed by atoms with Crippen molar-refractivity contribution < 1.29 is 34.6 Å². The first kappa shape index (κ1) is 21.4. The van der Waals surface area contributed by atoms with Crippen LogP contribution < -0.4 is 16.8 Å². The van der Waals surface area contributed by atoms with Crippen LogP contribution in [0.25, 0.3) is 0 Å². The second-order valence-corrected chi connectivity index (χ2v) is 6.70. The lowest BCUT2D eigenvalue weighted by Gasteiger charge is -2.41. The number of aliphatic carboxylic acids is 2. The second kappa shape index (κ2) is 9.13. The van der Waals surface area contributed by atoms with Gasteiger partial charge >= 0.3 is 19.1 Å². The molecule has 10 nitrogen and oxygen atoms in total. The lowest BCUT2D eigenvalue weighted by molar-refractivity contribution is -0.148. The van der Waals surface area contributed by atoms with Gasteiger partial charge in [0.05, 0.1) is 12.5 Å². The van der Waals surface area contributed by atoms with Crippen molar-refractivity contribution in [3.05, 3.63) is 0 Å². The van der Waals surface area contributed by atoms with Crippen LogP contribution in [0.1, 0.15) is 32.1 Å². The molecule has 0 aromatic heterocycles. The van der Waals surface area contributed by atoms with Crippen LogP contribution in [0, 0.1) is 11.8 Å². The average molecular weight is 359 g/mol. The van der Waals surface area contributed by atoms with E-state index in [9.17, 15) is 19.5 Å². The zero-order valence-corrected chi connectivity index (χ0v) is 13.9. The molecule has 0 saturated heterocycles. The maximum atomic E-state index is 11.8. The molecule has 25 heavy (non-hydrogen) atoms. The smallest absolute Gasteiger partial charge is 0.451 e. The molecule has 1 aliphatic rings. The van der Waals surface area contributed by atoms with Gasteiger partial charge in [0.1, 0.15) is 5.54 Å². The van der Waals surface area contributed by atoms with Gasteiger partial charge < -0.3 is 37.0 Å². The summed E-state index contributed by atoms with van der Waals surface area (Å²) in [5.41, 5.74) is 10.00. The van der Waals surface area contributed by atoms with Gasteiger partial charge in [-0.1, -0.05) is 6.42 Å². The molecule has 1 rings (SSSR count). The predicted molar refractivity (Wildman–Crippen MR) is 88.2 cm³/mol. The van der Waals surface area contributed by atoms with Gasteiger partial charge in [0.2, 0.25) is 5.91 Å². The highest BCUT2D eigenvalue weighted by Gasteiger charge is 2.47. The van der Waals surface area contributed by atoms with Crippen LogP contribution >= 0.6 is 0 Å². The summed E-state index contributed by atoms with van der Waals surface area (Å²) in [7, 11) is -1.44. The van der Waals surface area contributed by atoms with E-state index >= 15 is 0 Å². The number of hydrogen-bond acceptors (Lipinski definition) is 7. The van der Waals surface area contributed by atoms with Gasteiger partial charge in [-0.3, -0.25) is 14.4 Å². The van der Waals surface area contributed by atoms with E-state index in [1.165, 1.54) is 0 Å². The fourth-order valence-corrected chi connectivity index (χ4v) is 3.25. The van der Waals surface area contributed by atoms with Crippen molar-refractivity contribution >= 4 is 25.0 Å². The van der Waals surface area contributed by atoms with Crippen LogP contribution in [0.4, 0.5) is 0 Å². The molecule has 142 valence electrons. The van der Waals surface area contributed by atoms with Crippen LogP contribution in [0.5, 0.6) is 0 Å². The largest absolute Gasteiger partial charge is 0.481 e. The van der Waals surface area contributed by atoms with E-state index in [2.05, 4.69) is 5.32 Å². The number of hydrogen-bond donors (Lipinski definition) is 7. The molecule has 1 saturated carbocycles. The number of carboxylic acid groups (broad SMARTS) is 2. The molecule has 0 aliphatic heterocycles. The first-order chi connectivity index (χ1) is 11.6. The number of nitrogens with two attached hydrogens (primary N) is 2. The maximum Gasteiger partial charge on any atom is 0.451 e. The molecule has 1 aliphatic carbocycles. The molecular formula is C14H26BN3O7. The zero-order chi connectivity index (χ0) is 19.2. The standard InChI is InChI=1S/C14H26BN3O7/c16-10(5-11(19)20)12(21)18-7-9-2-1-8(3-4-15(24)25)6-14(9,17)13(22)23/h8-10,24-25H,1-7,16-17H2,(H,18,21)(H,19,20)(H,22,23)/t8-,9-,10-,14+/m0/s1. The Morgan fingerprint density at radius 2 is 1.88 bits per heavy atom. The van der Waals surface area contributed by atoms with Crippen LogP contribution in [0.3, 0.4) is 0 Å². The topological polar surface area (TPSA) is 196 Å².